The van der Waals surface area contributed by atoms with E-state index in [0.717, 1.165) is 10.0 Å². The molecule has 2 amide bonds. The van der Waals surface area contributed by atoms with Crippen LogP contribution in [0.25, 0.3) is 6.08 Å². The Morgan fingerprint density at radius 1 is 1.07 bits per heavy atom. The van der Waals surface area contributed by atoms with Gasteiger partial charge in [-0.2, -0.15) is 0 Å². The zero-order valence-electron chi connectivity index (χ0n) is 14.7. The molecule has 0 spiro atoms. The van der Waals surface area contributed by atoms with Crippen LogP contribution in [0.4, 0.5) is 0 Å². The van der Waals surface area contributed by atoms with Gasteiger partial charge in [0.1, 0.15) is 12.2 Å². The number of hydrogen-bond acceptors (Lipinski definition) is 4. The lowest BCUT2D eigenvalue weighted by Crippen LogP contribution is -2.37. The van der Waals surface area contributed by atoms with Crippen LogP contribution in [0.3, 0.4) is 0 Å². The van der Waals surface area contributed by atoms with E-state index in [1.807, 2.05) is 18.2 Å². The lowest BCUT2D eigenvalue weighted by atomic mass is 10.1. The fourth-order valence-corrected chi connectivity index (χ4v) is 2.56. The quantitative estimate of drug-likeness (QED) is 0.522. The summed E-state index contributed by atoms with van der Waals surface area (Å²) < 4.78 is 5.53. The van der Waals surface area contributed by atoms with Crippen LogP contribution >= 0.6 is 15.9 Å². The molecule has 0 unspecified atom stereocenters. The summed E-state index contributed by atoms with van der Waals surface area (Å²) >= 11 is 3.31. The molecule has 0 aliphatic rings. The van der Waals surface area contributed by atoms with E-state index in [9.17, 15) is 14.4 Å². The Morgan fingerprint density at radius 2 is 1.81 bits per heavy atom. The van der Waals surface area contributed by atoms with Crippen LogP contribution in [0.15, 0.2) is 64.8 Å². The van der Waals surface area contributed by atoms with Crippen LogP contribution < -0.4 is 10.6 Å². The van der Waals surface area contributed by atoms with Crippen molar-refractivity contribution in [2.45, 2.75) is 6.92 Å². The highest BCUT2D eigenvalue weighted by molar-refractivity contribution is 9.10. The second-order valence-corrected chi connectivity index (χ2v) is 6.34. The summed E-state index contributed by atoms with van der Waals surface area (Å²) in [5, 5.41) is 5.05. The van der Waals surface area contributed by atoms with Gasteiger partial charge in [0, 0.05) is 10.0 Å². The number of rotatable bonds is 7. The van der Waals surface area contributed by atoms with Crippen LogP contribution in [0, 0.1) is 0 Å². The van der Waals surface area contributed by atoms with Gasteiger partial charge in [-0.25, -0.2) is 0 Å². The Bertz CT molecular complexity index is 850. The molecule has 6 nitrogen and oxygen atoms in total. The van der Waals surface area contributed by atoms with Crippen molar-refractivity contribution in [3.63, 3.8) is 0 Å². The third kappa shape index (κ3) is 6.71. The van der Waals surface area contributed by atoms with E-state index in [1.54, 1.807) is 43.3 Å². The molecule has 2 rings (SSSR count). The molecule has 0 bridgehead atoms. The molecule has 0 saturated carbocycles. The molecule has 2 aromatic carbocycles. The summed E-state index contributed by atoms with van der Waals surface area (Å²) in [6.45, 7) is 1.62. The van der Waals surface area contributed by atoms with Crippen LogP contribution in [-0.4, -0.2) is 30.9 Å². The summed E-state index contributed by atoms with van der Waals surface area (Å²) in [6, 6.07) is 15.9. The summed E-state index contributed by atoms with van der Waals surface area (Å²) in [7, 11) is 0. The van der Waals surface area contributed by atoms with Gasteiger partial charge in [0.15, 0.2) is 0 Å². The van der Waals surface area contributed by atoms with E-state index in [1.165, 1.54) is 6.08 Å². The van der Waals surface area contributed by atoms with Gasteiger partial charge in [-0.15, -0.1) is 0 Å². The molecule has 0 aliphatic carbocycles. The zero-order chi connectivity index (χ0) is 19.6. The molecule has 2 N–H and O–H groups in total. The SMILES string of the molecule is CCOC(=O)CNC(=O)/C(=C\c1ccccc1)NC(=O)c1cccc(Br)c1. The van der Waals surface area contributed by atoms with E-state index >= 15 is 0 Å². The lowest BCUT2D eigenvalue weighted by Gasteiger charge is -2.11. The van der Waals surface area contributed by atoms with Crippen LogP contribution in [0.2, 0.25) is 0 Å². The molecule has 140 valence electrons. The van der Waals surface area contributed by atoms with Crippen molar-refractivity contribution in [3.05, 3.63) is 75.9 Å². The number of nitrogens with one attached hydrogen (secondary N) is 2. The van der Waals surface area contributed by atoms with Gasteiger partial charge in [-0.1, -0.05) is 52.3 Å². The number of esters is 1. The molecular formula is C20H19BrN2O4. The lowest BCUT2D eigenvalue weighted by molar-refractivity contribution is -0.143. The highest BCUT2D eigenvalue weighted by atomic mass is 79.9. The predicted octanol–water partition coefficient (Wildman–Crippen LogP) is 2.90. The molecule has 7 heteroatoms. The first-order chi connectivity index (χ1) is 13.0. The Hall–Kier alpha value is -2.93. The Balaban J connectivity index is 2.19. The van der Waals surface area contributed by atoms with E-state index in [-0.39, 0.29) is 18.8 Å². The molecule has 0 heterocycles. The van der Waals surface area contributed by atoms with Gasteiger partial charge >= 0.3 is 5.97 Å². The number of benzene rings is 2. The van der Waals surface area contributed by atoms with E-state index in [2.05, 4.69) is 26.6 Å². The topological polar surface area (TPSA) is 84.5 Å². The van der Waals surface area contributed by atoms with Crippen molar-refractivity contribution in [2.75, 3.05) is 13.2 Å². The van der Waals surface area contributed by atoms with Crippen LogP contribution in [-0.2, 0) is 14.3 Å². The number of halogens is 1. The highest BCUT2D eigenvalue weighted by Crippen LogP contribution is 2.12. The number of hydrogen-bond donors (Lipinski definition) is 2. The van der Waals surface area contributed by atoms with Crippen molar-refractivity contribution >= 4 is 39.8 Å². The monoisotopic (exact) mass is 430 g/mol. The molecule has 0 saturated heterocycles. The minimum Gasteiger partial charge on any atom is -0.465 e. The maximum absolute atomic E-state index is 12.5. The molecule has 0 radical (unpaired) electrons. The smallest absolute Gasteiger partial charge is 0.325 e. The van der Waals surface area contributed by atoms with E-state index < -0.39 is 17.8 Å². The molecule has 0 fully saturated rings. The number of carbonyl (C=O) groups is 3. The molecule has 0 aromatic heterocycles. The second-order valence-electron chi connectivity index (χ2n) is 5.42. The fourth-order valence-electron chi connectivity index (χ4n) is 2.16. The van der Waals surface area contributed by atoms with Gasteiger partial charge in [0.2, 0.25) is 0 Å². The minimum atomic E-state index is -0.588. The number of amides is 2. The third-order valence-electron chi connectivity index (χ3n) is 3.39. The molecule has 0 atom stereocenters. The number of ether oxygens (including phenoxy) is 1. The average Bonchev–Trinajstić information content (AvgIpc) is 2.66. The van der Waals surface area contributed by atoms with Gasteiger partial charge in [0.05, 0.1) is 6.61 Å². The fraction of sp³-hybridized carbons (Fsp3) is 0.150. The molecule has 0 aliphatic heterocycles. The first-order valence-electron chi connectivity index (χ1n) is 8.27. The largest absolute Gasteiger partial charge is 0.465 e. The average molecular weight is 431 g/mol. The molecule has 2 aromatic rings. The molecule has 27 heavy (non-hydrogen) atoms. The molecular weight excluding hydrogens is 412 g/mol. The van der Waals surface area contributed by atoms with Gasteiger partial charge in [-0.3, -0.25) is 14.4 Å². The standard InChI is InChI=1S/C20H19BrN2O4/c1-2-27-18(24)13-22-20(26)17(11-14-7-4-3-5-8-14)23-19(25)15-9-6-10-16(21)12-15/h3-12H,2,13H2,1H3,(H,22,26)(H,23,25)/b17-11+. The van der Waals surface area contributed by atoms with Crippen molar-refractivity contribution in [1.29, 1.82) is 0 Å². The summed E-state index contributed by atoms with van der Waals surface area (Å²) in [5.41, 5.74) is 1.14. The maximum Gasteiger partial charge on any atom is 0.325 e. The van der Waals surface area contributed by atoms with Gasteiger partial charge in [-0.05, 0) is 36.8 Å². The Kier molecular flexibility index (Phi) is 7.76. The number of carbonyl (C=O) groups excluding carboxylic acids is 3. The summed E-state index contributed by atoms with van der Waals surface area (Å²) in [5.74, 6) is -1.58. The van der Waals surface area contributed by atoms with E-state index in [0.29, 0.717) is 5.56 Å². The Morgan fingerprint density at radius 3 is 2.48 bits per heavy atom. The van der Waals surface area contributed by atoms with Crippen molar-refractivity contribution in [3.8, 4) is 0 Å². The first kappa shape index (κ1) is 20.4. The predicted molar refractivity (Wildman–Crippen MR) is 106 cm³/mol. The van der Waals surface area contributed by atoms with Crippen LogP contribution in [0.5, 0.6) is 0 Å². The summed E-state index contributed by atoms with van der Waals surface area (Å²) in [6.07, 6.45) is 1.54. The van der Waals surface area contributed by atoms with Crippen LogP contribution in [0.1, 0.15) is 22.8 Å². The van der Waals surface area contributed by atoms with Crippen molar-refractivity contribution in [2.24, 2.45) is 0 Å². The minimum absolute atomic E-state index is 0.0236. The van der Waals surface area contributed by atoms with Gasteiger partial charge < -0.3 is 15.4 Å². The Labute approximate surface area is 165 Å². The van der Waals surface area contributed by atoms with Crippen molar-refractivity contribution < 1.29 is 19.1 Å². The van der Waals surface area contributed by atoms with Crippen molar-refractivity contribution in [1.82, 2.24) is 10.6 Å². The normalized spacial score (nSPS) is 10.8. The first-order valence-corrected chi connectivity index (χ1v) is 9.06. The zero-order valence-corrected chi connectivity index (χ0v) is 16.3. The van der Waals surface area contributed by atoms with Gasteiger partial charge in [0.25, 0.3) is 11.8 Å². The second kappa shape index (κ2) is 10.3. The third-order valence-corrected chi connectivity index (χ3v) is 3.88. The maximum atomic E-state index is 12.5. The summed E-state index contributed by atoms with van der Waals surface area (Å²) in [4.78, 5) is 36.4. The highest BCUT2D eigenvalue weighted by Gasteiger charge is 2.16. The van der Waals surface area contributed by atoms with E-state index in [4.69, 9.17) is 4.74 Å².